The number of carbonyl (C=O) groups excluding carboxylic acids is 2. The van der Waals surface area contributed by atoms with Crippen LogP contribution in [0.25, 0.3) is 0 Å². The minimum Gasteiger partial charge on any atom is -0.338 e. The van der Waals surface area contributed by atoms with Gasteiger partial charge in [0.1, 0.15) is 5.69 Å². The van der Waals surface area contributed by atoms with E-state index >= 15 is 0 Å². The summed E-state index contributed by atoms with van der Waals surface area (Å²) in [7, 11) is 0. The fourth-order valence-corrected chi connectivity index (χ4v) is 4.88. The van der Waals surface area contributed by atoms with E-state index in [4.69, 9.17) is 0 Å². The van der Waals surface area contributed by atoms with Crippen LogP contribution in [-0.4, -0.2) is 56.4 Å². The Labute approximate surface area is 170 Å². The van der Waals surface area contributed by atoms with Crippen LogP contribution in [0.5, 0.6) is 0 Å². The zero-order valence-corrected chi connectivity index (χ0v) is 16.6. The van der Waals surface area contributed by atoms with Crippen molar-refractivity contribution in [2.45, 2.75) is 51.0 Å². The number of piperidine rings is 2. The lowest BCUT2D eigenvalue weighted by Gasteiger charge is -2.48. The molecule has 4 heterocycles. The largest absolute Gasteiger partial charge is 0.338 e. The van der Waals surface area contributed by atoms with Crippen molar-refractivity contribution in [2.24, 2.45) is 5.41 Å². The zero-order valence-electron chi connectivity index (χ0n) is 16.6. The van der Waals surface area contributed by atoms with Gasteiger partial charge in [0.2, 0.25) is 5.91 Å². The molecule has 7 heteroatoms. The highest BCUT2D eigenvalue weighted by molar-refractivity contribution is 5.92. The van der Waals surface area contributed by atoms with Crippen molar-refractivity contribution < 1.29 is 9.59 Å². The van der Waals surface area contributed by atoms with Crippen molar-refractivity contribution in [1.82, 2.24) is 25.0 Å². The first-order valence-corrected chi connectivity index (χ1v) is 10.6. The summed E-state index contributed by atoms with van der Waals surface area (Å²) in [6.45, 7) is 2.77. The van der Waals surface area contributed by atoms with E-state index in [1.54, 1.807) is 6.20 Å². The second kappa shape index (κ2) is 7.28. The van der Waals surface area contributed by atoms with Gasteiger partial charge in [-0.05, 0) is 49.8 Å². The Morgan fingerprint density at radius 1 is 1.28 bits per heavy atom. The van der Waals surface area contributed by atoms with Gasteiger partial charge >= 0.3 is 0 Å². The Hall–Kier alpha value is -2.70. The summed E-state index contributed by atoms with van der Waals surface area (Å²) in [6, 6.07) is 5.84. The maximum atomic E-state index is 13.1. The van der Waals surface area contributed by atoms with Gasteiger partial charge in [-0.1, -0.05) is 6.07 Å². The van der Waals surface area contributed by atoms with Crippen LogP contribution in [0.4, 0.5) is 0 Å². The monoisotopic (exact) mass is 393 g/mol. The number of aromatic amines is 1. The zero-order chi connectivity index (χ0) is 19.8. The molecule has 1 aliphatic carbocycles. The molecule has 5 rings (SSSR count). The lowest BCUT2D eigenvalue weighted by atomic mass is 9.73. The Kier molecular flexibility index (Phi) is 4.60. The van der Waals surface area contributed by atoms with Gasteiger partial charge in [0.15, 0.2) is 0 Å². The van der Waals surface area contributed by atoms with E-state index in [0.717, 1.165) is 37.1 Å². The molecule has 1 saturated carbocycles. The van der Waals surface area contributed by atoms with Gasteiger partial charge < -0.3 is 9.80 Å². The van der Waals surface area contributed by atoms with Gasteiger partial charge in [-0.2, -0.15) is 5.10 Å². The Morgan fingerprint density at radius 2 is 2.17 bits per heavy atom. The molecular formula is C22H27N5O2. The summed E-state index contributed by atoms with van der Waals surface area (Å²) in [5.41, 5.74) is 2.65. The smallest absolute Gasteiger partial charge is 0.274 e. The number of amides is 2. The summed E-state index contributed by atoms with van der Waals surface area (Å²) in [5.74, 6) is 0.773. The molecule has 0 radical (unpaired) electrons. The number of aromatic nitrogens is 3. The number of rotatable bonds is 4. The van der Waals surface area contributed by atoms with Gasteiger partial charge in [-0.3, -0.25) is 19.7 Å². The van der Waals surface area contributed by atoms with E-state index in [1.165, 1.54) is 12.8 Å². The number of pyridine rings is 1. The van der Waals surface area contributed by atoms with E-state index in [9.17, 15) is 9.59 Å². The predicted molar refractivity (Wildman–Crippen MR) is 107 cm³/mol. The second-order valence-electron chi connectivity index (χ2n) is 8.92. The summed E-state index contributed by atoms with van der Waals surface area (Å²) in [6.07, 6.45) is 9.37. The number of nitrogens with zero attached hydrogens (tertiary/aromatic N) is 4. The Balaban J connectivity index is 1.29. The molecule has 1 unspecified atom stereocenters. The van der Waals surface area contributed by atoms with Crippen LogP contribution in [0, 0.1) is 5.41 Å². The first kappa shape index (κ1) is 18.3. The quantitative estimate of drug-likeness (QED) is 0.866. The van der Waals surface area contributed by atoms with E-state index in [-0.39, 0.29) is 17.2 Å². The topological polar surface area (TPSA) is 82.2 Å². The first-order chi connectivity index (χ1) is 14.1. The molecule has 29 heavy (non-hydrogen) atoms. The van der Waals surface area contributed by atoms with Crippen LogP contribution >= 0.6 is 0 Å². The third-order valence-corrected chi connectivity index (χ3v) is 6.63. The highest BCUT2D eigenvalue weighted by Gasteiger charge is 2.43. The first-order valence-electron chi connectivity index (χ1n) is 10.6. The molecule has 1 N–H and O–H groups in total. The van der Waals surface area contributed by atoms with Crippen LogP contribution in [0.2, 0.25) is 0 Å². The van der Waals surface area contributed by atoms with E-state index in [0.29, 0.717) is 37.7 Å². The van der Waals surface area contributed by atoms with Crippen LogP contribution in [0.1, 0.15) is 66.2 Å². The fraction of sp³-hybridized carbons (Fsp3) is 0.545. The normalized spacial score (nSPS) is 24.9. The minimum atomic E-state index is -0.0142. The molecule has 2 aliphatic heterocycles. The van der Waals surface area contributed by atoms with Crippen LogP contribution in [-0.2, 0) is 11.3 Å². The maximum absolute atomic E-state index is 13.1. The highest BCUT2D eigenvalue weighted by Crippen LogP contribution is 2.41. The maximum Gasteiger partial charge on any atom is 0.274 e. The van der Waals surface area contributed by atoms with Crippen molar-refractivity contribution >= 4 is 11.8 Å². The van der Waals surface area contributed by atoms with E-state index < -0.39 is 0 Å². The molecule has 1 spiro atoms. The lowest BCUT2D eigenvalue weighted by Crippen LogP contribution is -2.54. The Morgan fingerprint density at radius 3 is 2.97 bits per heavy atom. The third kappa shape index (κ3) is 3.78. The molecule has 2 aromatic rings. The molecule has 0 aromatic carbocycles. The molecule has 3 fully saturated rings. The fourth-order valence-electron chi connectivity index (χ4n) is 4.88. The standard InChI is InChI=1S/C22H27N5O2/c28-20-6-8-22(15-27(20)13-16-3-1-9-23-12-16)7-2-10-26(14-22)21(29)19-11-18(24-25-19)17-4-5-17/h1,3,9,11-12,17H,2,4-8,10,13-15H2,(H,24,25). The van der Waals surface area contributed by atoms with E-state index in [2.05, 4.69) is 15.2 Å². The number of likely N-dealkylation sites (tertiary alicyclic amines) is 2. The minimum absolute atomic E-state index is 0.0142. The van der Waals surface area contributed by atoms with Crippen molar-refractivity contribution in [2.75, 3.05) is 19.6 Å². The van der Waals surface area contributed by atoms with Crippen LogP contribution in [0.3, 0.4) is 0 Å². The van der Waals surface area contributed by atoms with Crippen LogP contribution in [0.15, 0.2) is 30.6 Å². The molecule has 1 atom stereocenters. The number of carbonyl (C=O) groups is 2. The van der Waals surface area contributed by atoms with Gasteiger partial charge in [-0.25, -0.2) is 0 Å². The van der Waals surface area contributed by atoms with Crippen molar-refractivity contribution in [3.63, 3.8) is 0 Å². The van der Waals surface area contributed by atoms with Crippen molar-refractivity contribution in [3.05, 3.63) is 47.5 Å². The number of hydrogen-bond acceptors (Lipinski definition) is 4. The summed E-state index contributed by atoms with van der Waals surface area (Å²) in [4.78, 5) is 33.7. The molecule has 0 bridgehead atoms. The Bertz CT molecular complexity index is 907. The molecular weight excluding hydrogens is 366 g/mol. The molecule has 3 aliphatic rings. The SMILES string of the molecule is O=C1CCC2(CCCN(C(=O)c3cc(C4CC4)[nH]n3)C2)CN1Cc1cccnc1. The molecule has 152 valence electrons. The van der Waals surface area contributed by atoms with E-state index in [1.807, 2.05) is 34.2 Å². The molecule has 2 amide bonds. The average Bonchev–Trinajstić information content (AvgIpc) is 3.48. The third-order valence-electron chi connectivity index (χ3n) is 6.63. The van der Waals surface area contributed by atoms with Gasteiger partial charge in [0.05, 0.1) is 0 Å². The molecule has 2 saturated heterocycles. The summed E-state index contributed by atoms with van der Waals surface area (Å²) in [5, 5.41) is 7.32. The number of nitrogens with one attached hydrogen (secondary N) is 1. The molecule has 7 nitrogen and oxygen atoms in total. The van der Waals surface area contributed by atoms with Crippen molar-refractivity contribution in [1.29, 1.82) is 0 Å². The van der Waals surface area contributed by atoms with Crippen LogP contribution < -0.4 is 0 Å². The predicted octanol–water partition coefficient (Wildman–Crippen LogP) is 2.73. The summed E-state index contributed by atoms with van der Waals surface area (Å²) >= 11 is 0. The average molecular weight is 393 g/mol. The van der Waals surface area contributed by atoms with Crippen molar-refractivity contribution in [3.8, 4) is 0 Å². The van der Waals surface area contributed by atoms with Gasteiger partial charge in [0.25, 0.3) is 5.91 Å². The van der Waals surface area contributed by atoms with Gasteiger partial charge in [0, 0.05) is 62.0 Å². The molecule has 2 aromatic heterocycles. The second-order valence-corrected chi connectivity index (χ2v) is 8.92. The summed E-state index contributed by atoms with van der Waals surface area (Å²) < 4.78 is 0. The number of H-pyrrole nitrogens is 1. The highest BCUT2D eigenvalue weighted by atomic mass is 16.2. The number of hydrogen-bond donors (Lipinski definition) is 1. The lowest BCUT2D eigenvalue weighted by molar-refractivity contribution is -0.139. The van der Waals surface area contributed by atoms with Gasteiger partial charge in [-0.15, -0.1) is 0 Å².